The van der Waals surface area contributed by atoms with Gasteiger partial charge in [-0.15, -0.1) is 12.4 Å². The van der Waals surface area contributed by atoms with Gasteiger partial charge in [-0.05, 0) is 61.5 Å². The third-order valence-corrected chi connectivity index (χ3v) is 5.74. The Kier molecular flexibility index (Phi) is 8.52. The molecule has 6 nitrogen and oxygen atoms in total. The second kappa shape index (κ2) is 9.62. The van der Waals surface area contributed by atoms with Gasteiger partial charge in [0.05, 0.1) is 10.9 Å². The minimum atomic E-state index is -3.48. The summed E-state index contributed by atoms with van der Waals surface area (Å²) in [6, 6.07) is 5.55. The first-order valence-corrected chi connectivity index (χ1v) is 10.4. The molecule has 0 spiro atoms. The van der Waals surface area contributed by atoms with Gasteiger partial charge in [0.2, 0.25) is 15.9 Å². The zero-order valence-electron chi connectivity index (χ0n) is 13.5. The number of amides is 1. The predicted molar refractivity (Wildman–Crippen MR) is 101 cm³/mol. The predicted octanol–water partition coefficient (Wildman–Crippen LogP) is 1.82. The molecule has 0 heterocycles. The summed E-state index contributed by atoms with van der Waals surface area (Å²) in [5.41, 5.74) is 6.33. The van der Waals surface area contributed by atoms with Crippen molar-refractivity contribution in [1.29, 1.82) is 0 Å². The molecular formula is C15H24ClN3O3S2. The summed E-state index contributed by atoms with van der Waals surface area (Å²) in [7, 11) is -3.48. The number of thioether (sulfide) groups is 1. The molecule has 1 aliphatic rings. The molecule has 1 fully saturated rings. The molecule has 1 aromatic carbocycles. The lowest BCUT2D eigenvalue weighted by Gasteiger charge is -2.12. The van der Waals surface area contributed by atoms with Gasteiger partial charge >= 0.3 is 0 Å². The Hall–Kier alpha value is -0.800. The van der Waals surface area contributed by atoms with E-state index in [1.807, 2.05) is 6.26 Å². The van der Waals surface area contributed by atoms with Crippen LogP contribution in [0.2, 0.25) is 0 Å². The van der Waals surface area contributed by atoms with Crippen LogP contribution in [0.25, 0.3) is 0 Å². The number of anilines is 1. The van der Waals surface area contributed by atoms with Crippen molar-refractivity contribution in [3.63, 3.8) is 0 Å². The number of hydrogen-bond acceptors (Lipinski definition) is 5. The number of halogens is 1. The van der Waals surface area contributed by atoms with Crippen molar-refractivity contribution in [3.8, 4) is 0 Å². The van der Waals surface area contributed by atoms with Crippen LogP contribution in [0.3, 0.4) is 0 Å². The fourth-order valence-electron chi connectivity index (χ4n) is 1.96. The Balaban J connectivity index is 0.00000288. The van der Waals surface area contributed by atoms with Crippen molar-refractivity contribution in [2.24, 2.45) is 11.7 Å². The number of sulfonamides is 1. The normalized spacial score (nSPS) is 15.4. The molecule has 0 bridgehead atoms. The van der Waals surface area contributed by atoms with Crippen LogP contribution in [0, 0.1) is 5.92 Å². The average Bonchev–Trinajstić information content (AvgIpc) is 3.35. The zero-order chi connectivity index (χ0) is 16.9. The molecule has 24 heavy (non-hydrogen) atoms. The third-order valence-electron chi connectivity index (χ3n) is 3.66. The molecule has 0 aliphatic heterocycles. The summed E-state index contributed by atoms with van der Waals surface area (Å²) < 4.78 is 26.8. The fraction of sp³-hybridized carbons (Fsp3) is 0.533. The molecule has 1 saturated carbocycles. The van der Waals surface area contributed by atoms with Gasteiger partial charge in [-0.25, -0.2) is 13.1 Å². The first-order valence-electron chi connectivity index (χ1n) is 7.57. The summed E-state index contributed by atoms with van der Waals surface area (Å²) in [5.74, 6) is 1.03. The molecule has 4 N–H and O–H groups in total. The Morgan fingerprint density at radius 3 is 2.50 bits per heavy atom. The number of hydrogen-bond donors (Lipinski definition) is 3. The number of carbonyl (C=O) groups excluding carboxylic acids is 1. The van der Waals surface area contributed by atoms with Crippen molar-refractivity contribution in [2.45, 2.75) is 30.2 Å². The van der Waals surface area contributed by atoms with Crippen LogP contribution >= 0.6 is 24.2 Å². The molecule has 1 amide bonds. The van der Waals surface area contributed by atoms with E-state index in [1.54, 1.807) is 23.9 Å². The van der Waals surface area contributed by atoms with Crippen LogP contribution in [0.4, 0.5) is 5.69 Å². The molecule has 0 aromatic heterocycles. The fourth-order valence-corrected chi connectivity index (χ4v) is 3.57. The summed E-state index contributed by atoms with van der Waals surface area (Å²) in [6.45, 7) is 0.491. The van der Waals surface area contributed by atoms with Crippen LogP contribution < -0.4 is 15.8 Å². The standard InChI is InChI=1S/C15H23N3O3S2.ClH/c1-22-9-8-14(16)15(19)18-12-4-6-13(7-5-12)23(20,21)17-10-11-2-3-11;/h4-7,11,14,17H,2-3,8-10,16H2,1H3,(H,18,19);1H/t14-;/m0./s1. The number of rotatable bonds is 9. The number of nitrogens with one attached hydrogen (secondary N) is 2. The lowest BCUT2D eigenvalue weighted by molar-refractivity contribution is -0.117. The van der Waals surface area contributed by atoms with Crippen LogP contribution in [-0.4, -0.2) is 38.9 Å². The first kappa shape index (κ1) is 21.2. The number of nitrogens with two attached hydrogens (primary N) is 1. The molecule has 0 saturated heterocycles. The molecule has 136 valence electrons. The highest BCUT2D eigenvalue weighted by molar-refractivity contribution is 7.98. The van der Waals surface area contributed by atoms with E-state index in [2.05, 4.69) is 10.0 Å². The van der Waals surface area contributed by atoms with Crippen molar-refractivity contribution in [3.05, 3.63) is 24.3 Å². The lowest BCUT2D eigenvalue weighted by atomic mass is 10.2. The van der Waals surface area contributed by atoms with Gasteiger partial charge < -0.3 is 11.1 Å². The van der Waals surface area contributed by atoms with Gasteiger partial charge in [0.1, 0.15) is 0 Å². The quantitative estimate of drug-likeness (QED) is 0.594. The Labute approximate surface area is 153 Å². The van der Waals surface area contributed by atoms with E-state index < -0.39 is 16.1 Å². The highest BCUT2D eigenvalue weighted by atomic mass is 35.5. The molecule has 2 rings (SSSR count). The summed E-state index contributed by atoms with van der Waals surface area (Å²) >= 11 is 1.64. The second-order valence-corrected chi connectivity index (χ2v) is 8.45. The lowest BCUT2D eigenvalue weighted by Crippen LogP contribution is -2.36. The molecule has 1 aliphatic carbocycles. The van der Waals surface area contributed by atoms with E-state index in [-0.39, 0.29) is 23.2 Å². The van der Waals surface area contributed by atoms with E-state index in [4.69, 9.17) is 5.73 Å². The van der Waals surface area contributed by atoms with Gasteiger partial charge in [-0.2, -0.15) is 11.8 Å². The molecule has 0 unspecified atom stereocenters. The molecule has 0 radical (unpaired) electrons. The maximum Gasteiger partial charge on any atom is 0.241 e. The van der Waals surface area contributed by atoms with E-state index in [9.17, 15) is 13.2 Å². The van der Waals surface area contributed by atoms with E-state index in [1.165, 1.54) is 12.1 Å². The minimum Gasteiger partial charge on any atom is -0.325 e. The monoisotopic (exact) mass is 393 g/mol. The van der Waals surface area contributed by atoms with Gasteiger partial charge in [0.25, 0.3) is 0 Å². The average molecular weight is 394 g/mol. The summed E-state index contributed by atoms with van der Waals surface area (Å²) in [6.07, 6.45) is 4.74. The van der Waals surface area contributed by atoms with Crippen molar-refractivity contribution >= 4 is 45.8 Å². The summed E-state index contributed by atoms with van der Waals surface area (Å²) in [4.78, 5) is 12.1. The third kappa shape index (κ3) is 6.60. The van der Waals surface area contributed by atoms with E-state index >= 15 is 0 Å². The second-order valence-electron chi connectivity index (χ2n) is 5.70. The van der Waals surface area contributed by atoms with Gasteiger partial charge in [-0.3, -0.25) is 4.79 Å². The molecule has 9 heteroatoms. The van der Waals surface area contributed by atoms with Crippen LogP contribution in [0.1, 0.15) is 19.3 Å². The Bertz CT molecular complexity index is 634. The largest absolute Gasteiger partial charge is 0.325 e. The molecular weight excluding hydrogens is 370 g/mol. The van der Waals surface area contributed by atoms with Gasteiger partial charge in [0, 0.05) is 12.2 Å². The maximum absolute atomic E-state index is 12.1. The Morgan fingerprint density at radius 2 is 1.96 bits per heavy atom. The molecule has 1 aromatic rings. The SMILES string of the molecule is CSCC[C@H](N)C(=O)Nc1ccc(S(=O)(=O)NCC2CC2)cc1.Cl. The highest BCUT2D eigenvalue weighted by Crippen LogP contribution is 2.28. The van der Waals surface area contributed by atoms with Crippen LogP contribution in [-0.2, 0) is 14.8 Å². The van der Waals surface area contributed by atoms with Crippen LogP contribution in [0.15, 0.2) is 29.2 Å². The summed E-state index contributed by atoms with van der Waals surface area (Å²) in [5, 5.41) is 2.70. The maximum atomic E-state index is 12.1. The number of benzene rings is 1. The van der Waals surface area contributed by atoms with Crippen molar-refractivity contribution < 1.29 is 13.2 Å². The smallest absolute Gasteiger partial charge is 0.241 e. The first-order chi connectivity index (χ1) is 10.9. The van der Waals surface area contributed by atoms with Gasteiger partial charge in [-0.1, -0.05) is 0 Å². The van der Waals surface area contributed by atoms with Gasteiger partial charge in [0.15, 0.2) is 0 Å². The van der Waals surface area contributed by atoms with Crippen molar-refractivity contribution in [1.82, 2.24) is 4.72 Å². The topological polar surface area (TPSA) is 101 Å². The molecule has 1 atom stereocenters. The van der Waals surface area contributed by atoms with Crippen LogP contribution in [0.5, 0.6) is 0 Å². The Morgan fingerprint density at radius 1 is 1.33 bits per heavy atom. The highest BCUT2D eigenvalue weighted by Gasteiger charge is 2.24. The zero-order valence-corrected chi connectivity index (χ0v) is 16.0. The van der Waals surface area contributed by atoms with Crippen molar-refractivity contribution in [2.75, 3.05) is 23.9 Å². The minimum absolute atomic E-state index is 0. The van der Waals surface area contributed by atoms with E-state index in [0.717, 1.165) is 18.6 Å². The number of carbonyl (C=O) groups is 1. The van der Waals surface area contributed by atoms with E-state index in [0.29, 0.717) is 24.6 Å².